The molecule has 140 valence electrons. The molecule has 0 spiro atoms. The van der Waals surface area contributed by atoms with Crippen LogP contribution in [0.1, 0.15) is 18.5 Å². The first-order valence-corrected chi connectivity index (χ1v) is 11.4. The molecule has 1 aromatic carbocycles. The minimum absolute atomic E-state index is 0.0774. The van der Waals surface area contributed by atoms with Crippen molar-refractivity contribution >= 4 is 27.3 Å². The van der Waals surface area contributed by atoms with E-state index in [2.05, 4.69) is 10.3 Å². The fourth-order valence-electron chi connectivity index (χ4n) is 3.08. The van der Waals surface area contributed by atoms with E-state index >= 15 is 0 Å². The lowest BCUT2D eigenvalue weighted by Crippen LogP contribution is -2.43. The van der Waals surface area contributed by atoms with Gasteiger partial charge < -0.3 is 5.32 Å². The average molecular weight is 394 g/mol. The maximum Gasteiger partial charge on any atom is 0.226 e. The van der Waals surface area contributed by atoms with Gasteiger partial charge in [0.1, 0.15) is 5.01 Å². The number of aromatic nitrogens is 1. The summed E-state index contributed by atoms with van der Waals surface area (Å²) in [4.78, 5) is 16.7. The van der Waals surface area contributed by atoms with Gasteiger partial charge in [-0.15, -0.1) is 11.3 Å². The summed E-state index contributed by atoms with van der Waals surface area (Å²) in [5.41, 5.74) is 1.81. The van der Waals surface area contributed by atoms with E-state index in [0.717, 1.165) is 29.1 Å². The molecule has 1 aliphatic heterocycles. The normalized spacial score (nSPS) is 18.6. The Bertz CT molecular complexity index is 850. The number of benzene rings is 1. The van der Waals surface area contributed by atoms with E-state index in [1.165, 1.54) is 21.9 Å². The summed E-state index contributed by atoms with van der Waals surface area (Å²) in [5.74, 6) is 0.0872. The van der Waals surface area contributed by atoms with Gasteiger partial charge in [0.05, 0.1) is 18.4 Å². The van der Waals surface area contributed by atoms with Crippen molar-refractivity contribution in [3.63, 3.8) is 0 Å². The summed E-state index contributed by atoms with van der Waals surface area (Å²) in [6.07, 6.45) is 3.24. The zero-order valence-electron chi connectivity index (χ0n) is 14.7. The Morgan fingerprint density at radius 1 is 1.35 bits per heavy atom. The van der Waals surface area contributed by atoms with Crippen molar-refractivity contribution in [1.82, 2.24) is 14.6 Å². The third kappa shape index (κ3) is 5.12. The second-order valence-corrected chi connectivity index (χ2v) is 9.46. The van der Waals surface area contributed by atoms with Gasteiger partial charge in [-0.05, 0) is 18.8 Å². The maximum absolute atomic E-state index is 12.2. The molecule has 1 unspecified atom stereocenters. The van der Waals surface area contributed by atoms with Gasteiger partial charge in [-0.3, -0.25) is 4.79 Å². The van der Waals surface area contributed by atoms with Crippen molar-refractivity contribution in [1.29, 1.82) is 0 Å². The highest BCUT2D eigenvalue weighted by Crippen LogP contribution is 2.23. The number of hydrogen-bond donors (Lipinski definition) is 1. The first-order chi connectivity index (χ1) is 12.4. The molecule has 0 bridgehead atoms. The van der Waals surface area contributed by atoms with Crippen molar-refractivity contribution in [3.8, 4) is 10.6 Å². The Labute approximate surface area is 158 Å². The molecule has 1 aromatic heterocycles. The molecule has 1 atom stereocenters. The molecule has 1 saturated heterocycles. The van der Waals surface area contributed by atoms with Gasteiger partial charge in [-0.1, -0.05) is 30.3 Å². The second-order valence-electron chi connectivity index (χ2n) is 6.62. The molecule has 6 nitrogen and oxygen atoms in total. The highest BCUT2D eigenvalue weighted by Gasteiger charge is 2.26. The van der Waals surface area contributed by atoms with E-state index in [9.17, 15) is 13.2 Å². The summed E-state index contributed by atoms with van der Waals surface area (Å²) in [5, 5.41) is 5.74. The minimum atomic E-state index is -3.16. The predicted molar refractivity (Wildman–Crippen MR) is 103 cm³/mol. The monoisotopic (exact) mass is 393 g/mol. The summed E-state index contributed by atoms with van der Waals surface area (Å²) in [7, 11) is -3.16. The molecule has 0 aliphatic carbocycles. The number of carbonyl (C=O) groups excluding carboxylic acids is 1. The Morgan fingerprint density at radius 3 is 2.85 bits per heavy atom. The van der Waals surface area contributed by atoms with Gasteiger partial charge in [0.2, 0.25) is 15.9 Å². The van der Waals surface area contributed by atoms with Crippen LogP contribution in [0.2, 0.25) is 0 Å². The Hall–Kier alpha value is -1.77. The van der Waals surface area contributed by atoms with Gasteiger partial charge in [-0.2, -0.15) is 0 Å². The molecule has 1 fully saturated rings. The molecule has 1 N–H and O–H groups in total. The van der Waals surface area contributed by atoms with Gasteiger partial charge in [-0.25, -0.2) is 17.7 Å². The van der Waals surface area contributed by atoms with Crippen molar-refractivity contribution in [3.05, 3.63) is 41.4 Å². The van der Waals surface area contributed by atoms with E-state index in [0.29, 0.717) is 19.6 Å². The number of hydrogen-bond acceptors (Lipinski definition) is 5. The number of carbonyl (C=O) groups is 1. The van der Waals surface area contributed by atoms with E-state index in [1.807, 2.05) is 35.7 Å². The molecule has 1 aliphatic rings. The molecule has 2 aromatic rings. The zero-order valence-corrected chi connectivity index (χ0v) is 16.4. The van der Waals surface area contributed by atoms with E-state index < -0.39 is 10.0 Å². The lowest BCUT2D eigenvalue weighted by atomic mass is 10.00. The quantitative estimate of drug-likeness (QED) is 0.815. The number of piperidine rings is 1. The van der Waals surface area contributed by atoms with Gasteiger partial charge in [0.25, 0.3) is 0 Å². The van der Waals surface area contributed by atoms with Crippen LogP contribution in [0.25, 0.3) is 10.6 Å². The molecular formula is C18H23N3O3S2. The number of nitrogens with zero attached hydrogens (tertiary/aromatic N) is 2. The lowest BCUT2D eigenvalue weighted by molar-refractivity contribution is -0.120. The Kier molecular flexibility index (Phi) is 6.05. The van der Waals surface area contributed by atoms with Gasteiger partial charge >= 0.3 is 0 Å². The fourth-order valence-corrected chi connectivity index (χ4v) is 4.85. The van der Waals surface area contributed by atoms with Crippen molar-refractivity contribution in [2.75, 3.05) is 25.9 Å². The number of rotatable bonds is 6. The number of amides is 1. The molecule has 1 amide bonds. The number of thiazole rings is 1. The van der Waals surface area contributed by atoms with Crippen LogP contribution in [-0.4, -0.2) is 49.5 Å². The van der Waals surface area contributed by atoms with Crippen molar-refractivity contribution in [2.24, 2.45) is 5.92 Å². The average Bonchev–Trinajstić information content (AvgIpc) is 3.09. The minimum Gasteiger partial charge on any atom is -0.355 e. The molecule has 2 heterocycles. The van der Waals surface area contributed by atoms with Gasteiger partial charge in [0, 0.05) is 30.6 Å². The topological polar surface area (TPSA) is 79.4 Å². The lowest BCUT2D eigenvalue weighted by Gasteiger charge is -2.30. The highest BCUT2D eigenvalue weighted by molar-refractivity contribution is 7.88. The molecular weight excluding hydrogens is 370 g/mol. The third-order valence-corrected chi connectivity index (χ3v) is 6.66. The molecule has 26 heavy (non-hydrogen) atoms. The van der Waals surface area contributed by atoms with Crippen LogP contribution in [0.3, 0.4) is 0 Å². The van der Waals surface area contributed by atoms with Crippen LogP contribution in [-0.2, 0) is 21.2 Å². The Morgan fingerprint density at radius 2 is 2.12 bits per heavy atom. The predicted octanol–water partition coefficient (Wildman–Crippen LogP) is 2.14. The van der Waals surface area contributed by atoms with Crippen LogP contribution in [0, 0.1) is 5.92 Å². The fraction of sp³-hybridized carbons (Fsp3) is 0.444. The largest absolute Gasteiger partial charge is 0.355 e. The Balaban J connectivity index is 1.50. The molecule has 0 radical (unpaired) electrons. The van der Waals surface area contributed by atoms with Crippen LogP contribution in [0.4, 0.5) is 0 Å². The van der Waals surface area contributed by atoms with Gasteiger partial charge in [0.15, 0.2) is 0 Å². The SMILES string of the molecule is CS(=O)(=O)N1CCCC(CNC(=O)Cc2csc(-c3ccccc3)n2)C1. The molecule has 0 saturated carbocycles. The number of sulfonamides is 1. The van der Waals surface area contributed by atoms with E-state index in [-0.39, 0.29) is 18.2 Å². The first kappa shape index (κ1) is 19.0. The molecule has 8 heteroatoms. The summed E-state index contributed by atoms with van der Waals surface area (Å²) in [6, 6.07) is 9.89. The summed E-state index contributed by atoms with van der Waals surface area (Å²) >= 11 is 1.53. The zero-order chi connectivity index (χ0) is 18.6. The third-order valence-electron chi connectivity index (χ3n) is 4.45. The summed E-state index contributed by atoms with van der Waals surface area (Å²) in [6.45, 7) is 1.55. The van der Waals surface area contributed by atoms with Crippen LogP contribution in [0.5, 0.6) is 0 Å². The smallest absolute Gasteiger partial charge is 0.226 e. The number of nitrogens with one attached hydrogen (secondary N) is 1. The van der Waals surface area contributed by atoms with Crippen molar-refractivity contribution < 1.29 is 13.2 Å². The standard InChI is InChI=1S/C18H23N3O3S2/c1-26(23,24)21-9-5-6-14(12-21)11-19-17(22)10-16-13-25-18(20-16)15-7-3-2-4-8-15/h2-4,7-8,13-14H,5-6,9-12H2,1H3,(H,19,22). The van der Waals surface area contributed by atoms with Crippen LogP contribution < -0.4 is 5.32 Å². The maximum atomic E-state index is 12.2. The summed E-state index contributed by atoms with van der Waals surface area (Å²) < 4.78 is 24.8. The van der Waals surface area contributed by atoms with E-state index in [1.54, 1.807) is 0 Å². The first-order valence-electron chi connectivity index (χ1n) is 8.63. The molecule has 3 rings (SSSR count). The second kappa shape index (κ2) is 8.28. The highest BCUT2D eigenvalue weighted by atomic mass is 32.2. The van der Waals surface area contributed by atoms with Crippen molar-refractivity contribution in [2.45, 2.75) is 19.3 Å². The van der Waals surface area contributed by atoms with Crippen LogP contribution in [0.15, 0.2) is 35.7 Å². The van der Waals surface area contributed by atoms with Crippen LogP contribution >= 0.6 is 11.3 Å². The van der Waals surface area contributed by atoms with E-state index in [4.69, 9.17) is 0 Å².